The van der Waals surface area contributed by atoms with Gasteiger partial charge in [0.25, 0.3) is 11.5 Å². The molecule has 3 aromatic rings. The van der Waals surface area contributed by atoms with Crippen LogP contribution in [0.4, 0.5) is 9.52 Å². The van der Waals surface area contributed by atoms with Gasteiger partial charge in [-0.3, -0.25) is 19.5 Å². The van der Waals surface area contributed by atoms with E-state index in [9.17, 15) is 18.8 Å². The van der Waals surface area contributed by atoms with Crippen LogP contribution in [0, 0.1) is 12.7 Å². The number of H-pyrrole nitrogens is 1. The highest BCUT2D eigenvalue weighted by Gasteiger charge is 2.17. The number of halogens is 1. The van der Waals surface area contributed by atoms with Gasteiger partial charge in [-0.05, 0) is 13.0 Å². The smallest absolute Gasteiger partial charge is 0.313 e. The first kappa shape index (κ1) is 16.8. The lowest BCUT2D eigenvalue weighted by atomic mass is 10.2. The number of nitrogens with zero attached hydrogens (tertiary/aromatic N) is 2. The molecule has 3 rings (SSSR count). The highest BCUT2D eigenvalue weighted by atomic mass is 32.1. The van der Waals surface area contributed by atoms with Crippen molar-refractivity contribution in [1.82, 2.24) is 14.5 Å². The van der Waals surface area contributed by atoms with Crippen molar-refractivity contribution in [2.75, 3.05) is 5.32 Å². The van der Waals surface area contributed by atoms with E-state index in [0.717, 1.165) is 15.6 Å². The van der Waals surface area contributed by atoms with Gasteiger partial charge in [0.2, 0.25) is 0 Å². The van der Waals surface area contributed by atoms with Crippen molar-refractivity contribution < 1.29 is 9.18 Å². The third kappa shape index (κ3) is 3.56. The Balaban J connectivity index is 1.94. The SMILES string of the molecule is Cc1cnc(NC(=O)c2c[nH]c(=O)n(Cc3ccccc3F)c2=O)s1. The second-order valence-corrected chi connectivity index (χ2v) is 6.46. The van der Waals surface area contributed by atoms with E-state index >= 15 is 0 Å². The van der Waals surface area contributed by atoms with E-state index in [2.05, 4.69) is 15.3 Å². The van der Waals surface area contributed by atoms with Crippen molar-refractivity contribution >= 4 is 22.4 Å². The zero-order valence-corrected chi connectivity index (χ0v) is 13.9. The molecule has 0 bridgehead atoms. The van der Waals surface area contributed by atoms with Crippen LogP contribution in [-0.2, 0) is 6.54 Å². The summed E-state index contributed by atoms with van der Waals surface area (Å²) in [6.45, 7) is 1.55. The van der Waals surface area contributed by atoms with Crippen molar-refractivity contribution in [1.29, 1.82) is 0 Å². The number of benzene rings is 1. The van der Waals surface area contributed by atoms with Crippen LogP contribution in [0.25, 0.3) is 0 Å². The van der Waals surface area contributed by atoms with Gasteiger partial charge in [0, 0.05) is 22.8 Å². The summed E-state index contributed by atoms with van der Waals surface area (Å²) < 4.78 is 14.6. The molecule has 2 heterocycles. The minimum atomic E-state index is -0.808. The van der Waals surface area contributed by atoms with Crippen molar-refractivity contribution in [3.05, 3.63) is 79.3 Å². The molecule has 0 unspecified atom stereocenters. The van der Waals surface area contributed by atoms with E-state index in [-0.39, 0.29) is 17.7 Å². The Labute approximate surface area is 144 Å². The van der Waals surface area contributed by atoms with Crippen molar-refractivity contribution in [3.8, 4) is 0 Å². The summed E-state index contributed by atoms with van der Waals surface area (Å²) in [6, 6.07) is 5.80. The van der Waals surface area contributed by atoms with Crippen molar-refractivity contribution in [2.45, 2.75) is 13.5 Å². The van der Waals surface area contributed by atoms with Crippen LogP contribution >= 0.6 is 11.3 Å². The summed E-state index contributed by atoms with van der Waals surface area (Å²) in [5, 5.41) is 2.84. The number of thiazole rings is 1. The Bertz CT molecular complexity index is 1050. The number of hydrogen-bond acceptors (Lipinski definition) is 5. The van der Waals surface area contributed by atoms with Crippen LogP contribution in [0.3, 0.4) is 0 Å². The lowest BCUT2D eigenvalue weighted by molar-refractivity contribution is 0.102. The van der Waals surface area contributed by atoms with Gasteiger partial charge >= 0.3 is 5.69 Å². The van der Waals surface area contributed by atoms with Gasteiger partial charge in [-0.2, -0.15) is 0 Å². The average molecular weight is 360 g/mol. The Morgan fingerprint density at radius 1 is 1.36 bits per heavy atom. The van der Waals surface area contributed by atoms with E-state index in [1.165, 1.54) is 29.5 Å². The van der Waals surface area contributed by atoms with Crippen LogP contribution in [-0.4, -0.2) is 20.4 Å². The number of hydrogen-bond donors (Lipinski definition) is 2. The van der Waals surface area contributed by atoms with E-state index in [0.29, 0.717) is 5.13 Å². The van der Waals surface area contributed by atoms with E-state index in [1.807, 2.05) is 6.92 Å². The van der Waals surface area contributed by atoms with Crippen LogP contribution in [0.5, 0.6) is 0 Å². The first-order valence-corrected chi connectivity index (χ1v) is 8.07. The van der Waals surface area contributed by atoms with Gasteiger partial charge in [0.1, 0.15) is 11.4 Å². The fraction of sp³-hybridized carbons (Fsp3) is 0.125. The number of aromatic nitrogens is 3. The summed E-state index contributed by atoms with van der Waals surface area (Å²) in [5.74, 6) is -1.24. The maximum Gasteiger partial charge on any atom is 0.328 e. The normalized spacial score (nSPS) is 10.6. The standard InChI is InChI=1S/C16H13FN4O3S/c1-9-6-18-15(25-9)20-13(22)11-7-19-16(24)21(14(11)23)8-10-4-2-3-5-12(10)17/h2-7H,8H2,1H3,(H,19,24)(H,18,20,22). The topological polar surface area (TPSA) is 96.8 Å². The molecule has 0 atom stereocenters. The molecule has 0 saturated heterocycles. The number of aryl methyl sites for hydroxylation is 1. The summed E-state index contributed by atoms with van der Waals surface area (Å²) in [6.07, 6.45) is 2.63. The van der Waals surface area contributed by atoms with Crippen molar-refractivity contribution in [3.63, 3.8) is 0 Å². The van der Waals surface area contributed by atoms with Crippen LogP contribution < -0.4 is 16.6 Å². The van der Waals surface area contributed by atoms with E-state index in [1.54, 1.807) is 12.3 Å². The van der Waals surface area contributed by atoms with Gasteiger partial charge in [-0.15, -0.1) is 11.3 Å². The molecule has 0 aliphatic rings. The number of amides is 1. The highest BCUT2D eigenvalue weighted by Crippen LogP contribution is 2.16. The number of anilines is 1. The number of rotatable bonds is 4. The number of nitrogens with one attached hydrogen (secondary N) is 2. The van der Waals surface area contributed by atoms with E-state index in [4.69, 9.17) is 0 Å². The number of aromatic amines is 1. The molecule has 1 amide bonds. The molecule has 0 aliphatic carbocycles. The Kier molecular flexibility index (Phi) is 4.57. The van der Waals surface area contributed by atoms with Crippen LogP contribution in [0.2, 0.25) is 0 Å². The van der Waals surface area contributed by atoms with Gasteiger partial charge in [0.05, 0.1) is 6.54 Å². The molecule has 9 heteroatoms. The molecule has 2 N–H and O–H groups in total. The van der Waals surface area contributed by atoms with Crippen LogP contribution in [0.15, 0.2) is 46.2 Å². The predicted molar refractivity (Wildman–Crippen MR) is 91.6 cm³/mol. The summed E-state index contributed by atoms with van der Waals surface area (Å²) >= 11 is 1.26. The Hall–Kier alpha value is -3.07. The molecule has 0 saturated carbocycles. The molecule has 25 heavy (non-hydrogen) atoms. The minimum Gasteiger partial charge on any atom is -0.313 e. The fourth-order valence-electron chi connectivity index (χ4n) is 2.19. The highest BCUT2D eigenvalue weighted by molar-refractivity contribution is 7.15. The number of carbonyl (C=O) groups excluding carboxylic acids is 1. The maximum atomic E-state index is 13.8. The molecule has 0 spiro atoms. The summed E-state index contributed by atoms with van der Waals surface area (Å²) in [7, 11) is 0. The molecular formula is C16H13FN4O3S. The molecule has 128 valence electrons. The lowest BCUT2D eigenvalue weighted by Gasteiger charge is -2.08. The first-order valence-electron chi connectivity index (χ1n) is 7.25. The first-order chi connectivity index (χ1) is 12.0. The molecule has 0 radical (unpaired) electrons. The fourth-order valence-corrected chi connectivity index (χ4v) is 2.85. The zero-order chi connectivity index (χ0) is 18.0. The van der Waals surface area contributed by atoms with Crippen LogP contribution in [0.1, 0.15) is 20.8 Å². The quantitative estimate of drug-likeness (QED) is 0.741. The Morgan fingerprint density at radius 3 is 2.80 bits per heavy atom. The average Bonchev–Trinajstić information content (AvgIpc) is 2.98. The second kappa shape index (κ2) is 6.81. The minimum absolute atomic E-state index is 0.170. The molecule has 1 aromatic carbocycles. The summed E-state index contributed by atoms with van der Waals surface area (Å²) in [4.78, 5) is 43.9. The molecular weight excluding hydrogens is 347 g/mol. The zero-order valence-electron chi connectivity index (χ0n) is 13.1. The third-order valence-corrected chi connectivity index (χ3v) is 4.26. The third-order valence-electron chi connectivity index (χ3n) is 3.43. The number of carbonyl (C=O) groups is 1. The maximum absolute atomic E-state index is 13.8. The van der Waals surface area contributed by atoms with Crippen molar-refractivity contribution in [2.24, 2.45) is 0 Å². The summed E-state index contributed by atoms with van der Waals surface area (Å²) in [5.41, 5.74) is -1.63. The Morgan fingerprint density at radius 2 is 2.12 bits per heavy atom. The van der Waals surface area contributed by atoms with Gasteiger partial charge < -0.3 is 4.98 Å². The molecule has 0 fully saturated rings. The van der Waals surface area contributed by atoms with Gasteiger partial charge in [-0.25, -0.2) is 14.2 Å². The largest absolute Gasteiger partial charge is 0.328 e. The predicted octanol–water partition coefficient (Wildman–Crippen LogP) is 1.74. The lowest BCUT2D eigenvalue weighted by Crippen LogP contribution is -2.39. The molecule has 7 nitrogen and oxygen atoms in total. The monoisotopic (exact) mass is 360 g/mol. The van der Waals surface area contributed by atoms with E-state index < -0.39 is 23.0 Å². The molecule has 0 aliphatic heterocycles. The van der Waals surface area contributed by atoms with Gasteiger partial charge in [-0.1, -0.05) is 18.2 Å². The second-order valence-electron chi connectivity index (χ2n) is 5.22. The molecule has 2 aromatic heterocycles. The van der Waals surface area contributed by atoms with Gasteiger partial charge in [0.15, 0.2) is 5.13 Å².